The molecule has 1 aromatic rings. The van der Waals surface area contributed by atoms with Crippen molar-refractivity contribution < 1.29 is 23.6 Å². The van der Waals surface area contributed by atoms with Crippen LogP contribution in [0.1, 0.15) is 18.6 Å². The van der Waals surface area contributed by atoms with E-state index in [2.05, 4.69) is 6.07 Å². The fourth-order valence-electron chi connectivity index (χ4n) is 0.787. The Hall–Kier alpha value is -0.223. The number of ether oxygens (including phenoxy) is 1. The Morgan fingerprint density at radius 2 is 2.18 bits per heavy atom. The van der Waals surface area contributed by atoms with Crippen LogP contribution in [0.15, 0.2) is 24.3 Å². The monoisotopic (exact) mass is 142 g/mol. The van der Waals surface area contributed by atoms with Crippen molar-refractivity contribution in [2.24, 2.45) is 0 Å². The summed E-state index contributed by atoms with van der Waals surface area (Å²) in [5.74, 6) is 0. The van der Waals surface area contributed by atoms with E-state index in [1.165, 1.54) is 0 Å². The van der Waals surface area contributed by atoms with Crippen molar-refractivity contribution in [3.63, 3.8) is 0 Å². The molecule has 0 radical (unpaired) electrons. The fraction of sp³-hybridized carbons (Fsp3) is 0.333. The maximum absolute atomic E-state index is 5.10. The largest absolute Gasteiger partial charge is 1.00 e. The molecule has 54 valence electrons. The number of hydrogen-bond acceptors (Lipinski definition) is 1. The van der Waals surface area contributed by atoms with Crippen LogP contribution in [0.2, 0.25) is 0 Å². The van der Waals surface area contributed by atoms with Gasteiger partial charge in [-0.25, -0.2) is 0 Å². The minimum atomic E-state index is 0. The molecule has 1 rings (SSSR count). The Bertz CT molecular complexity index is 186. The van der Waals surface area contributed by atoms with Gasteiger partial charge in [-0.1, -0.05) is 0 Å². The van der Waals surface area contributed by atoms with Crippen LogP contribution in [0.4, 0.5) is 0 Å². The van der Waals surface area contributed by atoms with E-state index < -0.39 is 0 Å². The summed E-state index contributed by atoms with van der Waals surface area (Å²) in [6, 6.07) is 10.9. The van der Waals surface area contributed by atoms with Crippen LogP contribution < -0.4 is 18.9 Å². The first-order valence-corrected chi connectivity index (χ1v) is 3.34. The Morgan fingerprint density at radius 1 is 1.45 bits per heavy atom. The second kappa shape index (κ2) is 5.43. The quantitative estimate of drug-likeness (QED) is 0.388. The Balaban J connectivity index is 0.000001000. The van der Waals surface area contributed by atoms with Gasteiger partial charge in [0.15, 0.2) is 0 Å². The van der Waals surface area contributed by atoms with Gasteiger partial charge in [0.1, 0.15) is 0 Å². The van der Waals surface area contributed by atoms with Crippen LogP contribution in [-0.4, -0.2) is 7.11 Å². The average molecular weight is 142 g/mol. The molecule has 0 aromatic heterocycles. The van der Waals surface area contributed by atoms with Crippen molar-refractivity contribution in [3.05, 3.63) is 35.9 Å². The van der Waals surface area contributed by atoms with Crippen LogP contribution in [-0.2, 0) is 4.74 Å². The number of benzene rings is 1. The first-order valence-electron chi connectivity index (χ1n) is 3.34. The summed E-state index contributed by atoms with van der Waals surface area (Å²) in [6.07, 6.45) is 0.154. The number of hydrogen-bond donors (Lipinski definition) is 0. The summed E-state index contributed by atoms with van der Waals surface area (Å²) in [5.41, 5.74) is 1.10. The molecule has 0 fully saturated rings. The van der Waals surface area contributed by atoms with Crippen LogP contribution in [0.3, 0.4) is 0 Å². The normalized spacial score (nSPS) is 11.8. The molecule has 2 heteroatoms. The van der Waals surface area contributed by atoms with Crippen LogP contribution in [0.5, 0.6) is 0 Å². The number of methoxy groups -OCH3 is 1. The molecular formula is C9H11LiO. The van der Waals surface area contributed by atoms with Crippen molar-refractivity contribution in [2.75, 3.05) is 7.11 Å². The van der Waals surface area contributed by atoms with Crippen molar-refractivity contribution >= 4 is 0 Å². The summed E-state index contributed by atoms with van der Waals surface area (Å²) in [6.45, 7) is 2.01. The zero-order chi connectivity index (χ0) is 7.40. The summed E-state index contributed by atoms with van der Waals surface area (Å²) in [5, 5.41) is 0. The van der Waals surface area contributed by atoms with E-state index in [9.17, 15) is 0 Å². The molecule has 0 saturated carbocycles. The van der Waals surface area contributed by atoms with Crippen molar-refractivity contribution in [1.82, 2.24) is 0 Å². The minimum Gasteiger partial charge on any atom is -0.379 e. The van der Waals surface area contributed by atoms with Crippen LogP contribution in [0, 0.1) is 6.07 Å². The summed E-state index contributed by atoms with van der Waals surface area (Å²) in [7, 11) is 1.70. The molecule has 0 bridgehead atoms. The second-order valence-electron chi connectivity index (χ2n) is 2.20. The molecule has 0 unspecified atom stereocenters. The average Bonchev–Trinajstić information content (AvgIpc) is 2.05. The molecular weight excluding hydrogens is 131 g/mol. The van der Waals surface area contributed by atoms with E-state index in [-0.39, 0.29) is 25.0 Å². The molecule has 0 aliphatic carbocycles. The molecule has 0 heterocycles. The smallest absolute Gasteiger partial charge is 0.379 e. The summed E-state index contributed by atoms with van der Waals surface area (Å²) in [4.78, 5) is 0. The van der Waals surface area contributed by atoms with Crippen LogP contribution in [0.25, 0.3) is 0 Å². The van der Waals surface area contributed by atoms with Gasteiger partial charge in [-0.3, -0.25) is 0 Å². The maximum Gasteiger partial charge on any atom is 1.00 e. The number of rotatable bonds is 2. The molecule has 0 aliphatic rings. The maximum atomic E-state index is 5.10. The zero-order valence-electron chi connectivity index (χ0n) is 7.29. The molecule has 0 aliphatic heterocycles. The second-order valence-corrected chi connectivity index (χ2v) is 2.20. The van der Waals surface area contributed by atoms with Gasteiger partial charge in [0.2, 0.25) is 0 Å². The van der Waals surface area contributed by atoms with E-state index in [1.807, 2.05) is 31.2 Å². The van der Waals surface area contributed by atoms with Gasteiger partial charge >= 0.3 is 18.9 Å². The molecule has 1 atom stereocenters. The molecule has 0 N–H and O–H groups in total. The molecule has 11 heavy (non-hydrogen) atoms. The Labute approximate surface area is 79.9 Å². The van der Waals surface area contributed by atoms with Gasteiger partial charge in [-0.2, -0.15) is 30.3 Å². The standard InChI is InChI=1S/C9H11O.Li/c1-8(10-2)9-6-4-3-5-7-9;/h3-6,8H,1-2H3;/q-1;+1/t8-;/m0./s1. The van der Waals surface area contributed by atoms with Gasteiger partial charge in [0.25, 0.3) is 0 Å². The predicted molar refractivity (Wildman–Crippen MR) is 40.7 cm³/mol. The third-order valence-electron chi connectivity index (χ3n) is 1.52. The topological polar surface area (TPSA) is 9.23 Å². The molecule has 0 amide bonds. The van der Waals surface area contributed by atoms with E-state index >= 15 is 0 Å². The molecule has 0 spiro atoms. The Morgan fingerprint density at radius 3 is 2.64 bits per heavy atom. The Kier molecular flexibility index (Phi) is 5.32. The third-order valence-corrected chi connectivity index (χ3v) is 1.52. The third kappa shape index (κ3) is 3.12. The van der Waals surface area contributed by atoms with Crippen LogP contribution >= 0.6 is 0 Å². The fourth-order valence-corrected chi connectivity index (χ4v) is 0.787. The van der Waals surface area contributed by atoms with Gasteiger partial charge in [-0.05, 0) is 6.92 Å². The minimum absolute atomic E-state index is 0. The molecule has 0 saturated heterocycles. The molecule has 1 aromatic carbocycles. The first-order chi connectivity index (χ1) is 4.84. The first kappa shape index (κ1) is 10.8. The SMILES string of the molecule is CO[C@@H](C)c1[c-]cccc1.[Li+]. The van der Waals surface area contributed by atoms with Gasteiger partial charge < -0.3 is 4.74 Å². The van der Waals surface area contributed by atoms with Crippen molar-refractivity contribution in [3.8, 4) is 0 Å². The zero-order valence-corrected chi connectivity index (χ0v) is 7.29. The van der Waals surface area contributed by atoms with Crippen molar-refractivity contribution in [2.45, 2.75) is 13.0 Å². The molecule has 1 nitrogen and oxygen atoms in total. The van der Waals surface area contributed by atoms with Gasteiger partial charge in [-0.15, -0.1) is 5.56 Å². The van der Waals surface area contributed by atoms with E-state index in [0.29, 0.717) is 0 Å². The van der Waals surface area contributed by atoms with Gasteiger partial charge in [0.05, 0.1) is 6.10 Å². The van der Waals surface area contributed by atoms with E-state index in [4.69, 9.17) is 4.74 Å². The summed E-state index contributed by atoms with van der Waals surface area (Å²) >= 11 is 0. The predicted octanol–water partition coefficient (Wildman–Crippen LogP) is -0.802. The van der Waals surface area contributed by atoms with Crippen molar-refractivity contribution in [1.29, 1.82) is 0 Å². The van der Waals surface area contributed by atoms with E-state index in [0.717, 1.165) is 5.56 Å². The van der Waals surface area contributed by atoms with E-state index in [1.54, 1.807) is 7.11 Å². The van der Waals surface area contributed by atoms with Gasteiger partial charge in [0, 0.05) is 7.11 Å². The summed E-state index contributed by atoms with van der Waals surface area (Å²) < 4.78 is 5.10.